The van der Waals surface area contributed by atoms with Crippen molar-refractivity contribution < 1.29 is 4.39 Å². The van der Waals surface area contributed by atoms with Crippen molar-refractivity contribution in [2.24, 2.45) is 0 Å². The Labute approximate surface area is 142 Å². The van der Waals surface area contributed by atoms with Crippen molar-refractivity contribution in [1.29, 1.82) is 0 Å². The molecule has 23 heavy (non-hydrogen) atoms. The minimum absolute atomic E-state index is 0.324. The van der Waals surface area contributed by atoms with Crippen LogP contribution in [-0.4, -0.2) is 16.3 Å². The highest BCUT2D eigenvalue weighted by atomic mass is 35.5. The zero-order valence-electron chi connectivity index (χ0n) is 12.0. The van der Waals surface area contributed by atoms with Gasteiger partial charge < -0.3 is 5.32 Å². The second kappa shape index (κ2) is 5.55. The first-order valence-electron chi connectivity index (χ1n) is 7.22. The second-order valence-electron chi connectivity index (χ2n) is 5.32. The molecule has 1 N–H and O–H groups in total. The molecule has 0 fully saturated rings. The number of benzene rings is 2. The number of halogens is 3. The Kier molecular flexibility index (Phi) is 3.51. The fourth-order valence-corrected chi connectivity index (χ4v) is 3.27. The standard InChI is InChI=1S/C17H12Cl2FN3/c18-12-5-3-4-10(15(12)19)16-11-8-9-21-17(11)23(22-16)14-7-2-1-6-13(14)20/h1-7,21H,8-9H2. The second-order valence-corrected chi connectivity index (χ2v) is 6.10. The van der Waals surface area contributed by atoms with E-state index in [1.54, 1.807) is 28.9 Å². The average molecular weight is 348 g/mol. The highest BCUT2D eigenvalue weighted by Crippen LogP contribution is 2.39. The summed E-state index contributed by atoms with van der Waals surface area (Å²) in [6.07, 6.45) is 0.808. The Bertz CT molecular complexity index is 905. The number of nitrogens with one attached hydrogen (secondary N) is 1. The number of aromatic nitrogens is 2. The van der Waals surface area contributed by atoms with Crippen LogP contribution in [0, 0.1) is 5.82 Å². The molecule has 0 unspecified atom stereocenters. The Morgan fingerprint density at radius 1 is 1.09 bits per heavy atom. The van der Waals surface area contributed by atoms with Crippen molar-refractivity contribution in [3.63, 3.8) is 0 Å². The van der Waals surface area contributed by atoms with Crippen LogP contribution in [0.25, 0.3) is 16.9 Å². The average Bonchev–Trinajstić information content (AvgIpc) is 3.13. The molecule has 0 saturated carbocycles. The molecule has 3 aromatic rings. The number of hydrogen-bond donors (Lipinski definition) is 1. The Balaban J connectivity index is 1.96. The molecule has 1 aromatic heterocycles. The molecule has 116 valence electrons. The third-order valence-electron chi connectivity index (χ3n) is 3.94. The normalized spacial score (nSPS) is 13.0. The van der Waals surface area contributed by atoms with Crippen LogP contribution < -0.4 is 5.32 Å². The van der Waals surface area contributed by atoms with Crippen LogP contribution in [0.1, 0.15) is 5.56 Å². The quantitative estimate of drug-likeness (QED) is 0.710. The fourth-order valence-electron chi connectivity index (χ4n) is 2.88. The van der Waals surface area contributed by atoms with Gasteiger partial charge >= 0.3 is 0 Å². The minimum atomic E-state index is -0.324. The summed E-state index contributed by atoms with van der Waals surface area (Å²) in [5.74, 6) is 0.483. The van der Waals surface area contributed by atoms with E-state index in [0.717, 1.165) is 35.6 Å². The summed E-state index contributed by atoms with van der Waals surface area (Å²) in [4.78, 5) is 0. The van der Waals surface area contributed by atoms with E-state index >= 15 is 0 Å². The van der Waals surface area contributed by atoms with Gasteiger partial charge in [0.1, 0.15) is 17.3 Å². The van der Waals surface area contributed by atoms with Gasteiger partial charge in [0.05, 0.1) is 15.7 Å². The summed E-state index contributed by atoms with van der Waals surface area (Å²) < 4.78 is 15.8. The van der Waals surface area contributed by atoms with Crippen LogP contribution in [0.4, 0.5) is 10.2 Å². The molecule has 2 heterocycles. The predicted molar refractivity (Wildman–Crippen MR) is 91.2 cm³/mol. The largest absolute Gasteiger partial charge is 0.369 e. The van der Waals surface area contributed by atoms with E-state index in [1.807, 2.05) is 12.1 Å². The summed E-state index contributed by atoms with van der Waals surface area (Å²) in [5, 5.41) is 8.82. The molecule has 2 aromatic carbocycles. The van der Waals surface area contributed by atoms with E-state index in [9.17, 15) is 4.39 Å². The molecule has 0 saturated heterocycles. The molecule has 1 aliphatic rings. The lowest BCUT2D eigenvalue weighted by molar-refractivity contribution is 0.612. The maximum atomic E-state index is 14.2. The molecule has 4 rings (SSSR count). The van der Waals surface area contributed by atoms with E-state index in [4.69, 9.17) is 23.2 Å². The van der Waals surface area contributed by atoms with E-state index in [2.05, 4.69) is 10.4 Å². The molecule has 1 aliphatic heterocycles. The summed E-state index contributed by atoms with van der Waals surface area (Å²) in [6.45, 7) is 0.785. The third kappa shape index (κ3) is 2.30. The number of nitrogens with zero attached hydrogens (tertiary/aromatic N) is 2. The maximum Gasteiger partial charge on any atom is 0.148 e. The number of hydrogen-bond acceptors (Lipinski definition) is 2. The topological polar surface area (TPSA) is 29.9 Å². The van der Waals surface area contributed by atoms with Gasteiger partial charge in [-0.05, 0) is 24.6 Å². The van der Waals surface area contributed by atoms with Gasteiger partial charge in [0.2, 0.25) is 0 Å². The van der Waals surface area contributed by atoms with Gasteiger partial charge in [0.15, 0.2) is 0 Å². The summed E-state index contributed by atoms with van der Waals surface area (Å²) in [5.41, 5.74) is 2.93. The Morgan fingerprint density at radius 2 is 1.91 bits per heavy atom. The van der Waals surface area contributed by atoms with Crippen molar-refractivity contribution in [1.82, 2.24) is 9.78 Å². The van der Waals surface area contributed by atoms with Crippen molar-refractivity contribution in [3.05, 3.63) is 63.9 Å². The number of fused-ring (bicyclic) bond motifs is 1. The van der Waals surface area contributed by atoms with Gasteiger partial charge in [-0.15, -0.1) is 0 Å². The smallest absolute Gasteiger partial charge is 0.148 e. The van der Waals surface area contributed by atoms with Crippen LogP contribution in [0.5, 0.6) is 0 Å². The number of anilines is 1. The number of para-hydroxylation sites is 1. The molecule has 0 amide bonds. The third-order valence-corrected chi connectivity index (χ3v) is 4.76. The van der Waals surface area contributed by atoms with Gasteiger partial charge in [-0.1, -0.05) is 47.5 Å². The van der Waals surface area contributed by atoms with Crippen LogP contribution in [0.15, 0.2) is 42.5 Å². The molecule has 3 nitrogen and oxygen atoms in total. The van der Waals surface area contributed by atoms with E-state index in [0.29, 0.717) is 15.7 Å². The lowest BCUT2D eigenvalue weighted by Gasteiger charge is -2.07. The van der Waals surface area contributed by atoms with Gasteiger partial charge in [-0.2, -0.15) is 5.10 Å². The summed E-state index contributed by atoms with van der Waals surface area (Å²) >= 11 is 12.5. The summed E-state index contributed by atoms with van der Waals surface area (Å²) in [7, 11) is 0. The van der Waals surface area contributed by atoms with E-state index < -0.39 is 0 Å². The van der Waals surface area contributed by atoms with Gasteiger partial charge in [0.25, 0.3) is 0 Å². The van der Waals surface area contributed by atoms with Crippen molar-refractivity contribution in [2.45, 2.75) is 6.42 Å². The molecule has 0 radical (unpaired) electrons. The van der Waals surface area contributed by atoms with Crippen LogP contribution in [0.3, 0.4) is 0 Å². The first-order chi connectivity index (χ1) is 11.2. The molecule has 0 bridgehead atoms. The van der Waals surface area contributed by atoms with Crippen LogP contribution in [-0.2, 0) is 6.42 Å². The van der Waals surface area contributed by atoms with Gasteiger partial charge in [-0.25, -0.2) is 9.07 Å². The van der Waals surface area contributed by atoms with Gasteiger partial charge in [-0.3, -0.25) is 0 Å². The number of rotatable bonds is 2. The lowest BCUT2D eigenvalue weighted by atomic mass is 10.1. The molecule has 6 heteroatoms. The monoisotopic (exact) mass is 347 g/mol. The van der Waals surface area contributed by atoms with Crippen molar-refractivity contribution in [3.8, 4) is 16.9 Å². The zero-order valence-corrected chi connectivity index (χ0v) is 13.5. The predicted octanol–water partition coefficient (Wildman–Crippen LogP) is 4.95. The molecular weight excluding hydrogens is 336 g/mol. The Hall–Kier alpha value is -2.04. The SMILES string of the molecule is Fc1ccccc1-n1nc(-c2cccc(Cl)c2Cl)c2c1NCC2. The van der Waals surface area contributed by atoms with Crippen LogP contribution in [0.2, 0.25) is 10.0 Å². The first-order valence-corrected chi connectivity index (χ1v) is 7.97. The lowest BCUT2D eigenvalue weighted by Crippen LogP contribution is -2.05. The molecule has 0 spiro atoms. The van der Waals surface area contributed by atoms with Crippen LogP contribution >= 0.6 is 23.2 Å². The van der Waals surface area contributed by atoms with Crippen molar-refractivity contribution >= 4 is 29.0 Å². The summed E-state index contributed by atoms with van der Waals surface area (Å²) in [6, 6.07) is 12.0. The fraction of sp³-hybridized carbons (Fsp3) is 0.118. The highest BCUT2D eigenvalue weighted by molar-refractivity contribution is 6.43. The van der Waals surface area contributed by atoms with E-state index in [1.165, 1.54) is 6.07 Å². The zero-order chi connectivity index (χ0) is 16.0. The van der Waals surface area contributed by atoms with Gasteiger partial charge in [0, 0.05) is 17.7 Å². The minimum Gasteiger partial charge on any atom is -0.369 e. The molecule has 0 aliphatic carbocycles. The Morgan fingerprint density at radius 3 is 2.74 bits per heavy atom. The first kappa shape index (κ1) is 14.5. The highest BCUT2D eigenvalue weighted by Gasteiger charge is 2.26. The molecule has 0 atom stereocenters. The molecular formula is C17H12Cl2FN3. The van der Waals surface area contributed by atoms with Crippen molar-refractivity contribution in [2.75, 3.05) is 11.9 Å². The maximum absolute atomic E-state index is 14.2. The van der Waals surface area contributed by atoms with E-state index in [-0.39, 0.29) is 5.82 Å².